The number of hydrazone groups is 1. The third-order valence-corrected chi connectivity index (χ3v) is 8.68. The molecule has 0 saturated heterocycles. The van der Waals surface area contributed by atoms with Crippen LogP contribution in [0.25, 0.3) is 0 Å². The van der Waals surface area contributed by atoms with Gasteiger partial charge in [-0.05, 0) is 61.0 Å². The van der Waals surface area contributed by atoms with E-state index in [9.17, 15) is 8.42 Å². The summed E-state index contributed by atoms with van der Waals surface area (Å²) in [5, 5.41) is 7.98. The van der Waals surface area contributed by atoms with Crippen LogP contribution in [-0.2, 0) is 10.0 Å². The van der Waals surface area contributed by atoms with Crippen LogP contribution in [0.2, 0.25) is 0 Å². The zero-order valence-electron chi connectivity index (χ0n) is 16.5. The predicted octanol–water partition coefficient (Wildman–Crippen LogP) is 3.43. The summed E-state index contributed by atoms with van der Waals surface area (Å²) in [6.45, 7) is 6.97. The Bertz CT molecular complexity index is 893. The van der Waals surface area contributed by atoms with Gasteiger partial charge in [0.1, 0.15) is 0 Å². The van der Waals surface area contributed by atoms with Crippen molar-refractivity contribution in [3.05, 3.63) is 24.3 Å². The monoisotopic (exact) mass is 408 g/mol. The van der Waals surface area contributed by atoms with Gasteiger partial charge < -0.3 is 5.32 Å². The quantitative estimate of drug-likeness (QED) is 0.590. The fourth-order valence-corrected chi connectivity index (χ4v) is 5.43. The standard InChI is InChI=1S/C19H28N4O2S2/c1-18(2)13-9-10-19(18,3)16(11-13)21-22-17(26)20-14-7-6-8-15(12-14)27(24,25)23(4)5/h6-8,12-13H,9-11H2,1-5H3,(H2,20,22,26)/b21-16-/t13-,19-/m1/s1. The minimum Gasteiger partial charge on any atom is -0.331 e. The van der Waals surface area contributed by atoms with Crippen LogP contribution in [0, 0.1) is 16.7 Å². The molecule has 2 atom stereocenters. The molecular weight excluding hydrogens is 380 g/mol. The number of hydrogen-bond acceptors (Lipinski definition) is 4. The SMILES string of the molecule is CN(C)S(=O)(=O)c1cccc(NC(=S)N/N=C2/C[C@H]3CC[C@@]2(C)C3(C)C)c1. The molecule has 6 nitrogen and oxygen atoms in total. The van der Waals surface area contributed by atoms with Gasteiger partial charge in [-0.3, -0.25) is 5.43 Å². The van der Waals surface area contributed by atoms with Gasteiger partial charge in [-0.15, -0.1) is 0 Å². The number of nitrogens with one attached hydrogen (secondary N) is 2. The van der Waals surface area contributed by atoms with Gasteiger partial charge in [0.05, 0.1) is 4.90 Å². The molecule has 3 rings (SSSR count). The van der Waals surface area contributed by atoms with Crippen LogP contribution < -0.4 is 10.7 Å². The Labute approximate surface area is 167 Å². The Kier molecular flexibility index (Phi) is 5.12. The number of thiocarbonyl (C=S) groups is 1. The van der Waals surface area contributed by atoms with E-state index >= 15 is 0 Å². The van der Waals surface area contributed by atoms with Crippen molar-refractivity contribution in [3.8, 4) is 0 Å². The molecule has 0 aliphatic heterocycles. The summed E-state index contributed by atoms with van der Waals surface area (Å²) in [5.41, 5.74) is 5.11. The average molecular weight is 409 g/mol. The summed E-state index contributed by atoms with van der Waals surface area (Å²) in [6.07, 6.45) is 3.43. The van der Waals surface area contributed by atoms with Crippen molar-refractivity contribution in [2.75, 3.05) is 19.4 Å². The molecule has 0 aromatic heterocycles. The van der Waals surface area contributed by atoms with Gasteiger partial charge >= 0.3 is 0 Å². The molecule has 0 spiro atoms. The maximum absolute atomic E-state index is 12.3. The van der Waals surface area contributed by atoms with E-state index < -0.39 is 10.0 Å². The van der Waals surface area contributed by atoms with Gasteiger partial charge in [-0.2, -0.15) is 5.10 Å². The first-order valence-electron chi connectivity index (χ1n) is 9.15. The van der Waals surface area contributed by atoms with Crippen LogP contribution in [-0.4, -0.2) is 37.6 Å². The maximum Gasteiger partial charge on any atom is 0.242 e. The molecule has 27 heavy (non-hydrogen) atoms. The molecule has 2 saturated carbocycles. The zero-order chi connectivity index (χ0) is 20.0. The minimum atomic E-state index is -3.49. The van der Waals surface area contributed by atoms with E-state index in [0.29, 0.717) is 16.7 Å². The van der Waals surface area contributed by atoms with Gasteiger partial charge in [-0.1, -0.05) is 26.8 Å². The van der Waals surface area contributed by atoms with E-state index in [1.54, 1.807) is 24.3 Å². The normalized spacial score (nSPS) is 27.9. The molecule has 0 amide bonds. The maximum atomic E-state index is 12.3. The van der Waals surface area contributed by atoms with Crippen molar-refractivity contribution in [2.45, 2.75) is 44.9 Å². The van der Waals surface area contributed by atoms with E-state index in [1.165, 1.54) is 30.5 Å². The Balaban J connectivity index is 1.70. The fraction of sp³-hybridized carbons (Fsp3) is 0.579. The van der Waals surface area contributed by atoms with E-state index in [4.69, 9.17) is 12.2 Å². The van der Waals surface area contributed by atoms with Crippen molar-refractivity contribution < 1.29 is 8.42 Å². The molecule has 2 fully saturated rings. The predicted molar refractivity (Wildman–Crippen MR) is 113 cm³/mol. The summed E-state index contributed by atoms with van der Waals surface area (Å²) in [5.74, 6) is 0.678. The largest absolute Gasteiger partial charge is 0.331 e. The molecular formula is C19H28N4O2S2. The van der Waals surface area contributed by atoms with Crippen molar-refractivity contribution in [1.29, 1.82) is 0 Å². The van der Waals surface area contributed by atoms with Gasteiger partial charge in [0.15, 0.2) is 5.11 Å². The van der Waals surface area contributed by atoms with Crippen LogP contribution in [0.3, 0.4) is 0 Å². The second-order valence-corrected chi connectivity index (χ2v) is 11.0. The lowest BCUT2D eigenvalue weighted by Gasteiger charge is -2.34. The molecule has 0 radical (unpaired) electrons. The average Bonchev–Trinajstić information content (AvgIpc) is 2.93. The van der Waals surface area contributed by atoms with Gasteiger partial charge in [-0.25, -0.2) is 12.7 Å². The van der Waals surface area contributed by atoms with Crippen molar-refractivity contribution in [1.82, 2.24) is 9.73 Å². The third-order valence-electron chi connectivity index (χ3n) is 6.68. The van der Waals surface area contributed by atoms with Crippen LogP contribution in [0.5, 0.6) is 0 Å². The molecule has 8 heteroatoms. The molecule has 2 N–H and O–H groups in total. The topological polar surface area (TPSA) is 73.8 Å². The number of anilines is 1. The van der Waals surface area contributed by atoms with Crippen LogP contribution in [0.4, 0.5) is 5.69 Å². The Morgan fingerprint density at radius 3 is 2.56 bits per heavy atom. The lowest BCUT2D eigenvalue weighted by Crippen LogP contribution is -2.35. The van der Waals surface area contributed by atoms with Crippen molar-refractivity contribution >= 4 is 38.8 Å². The van der Waals surface area contributed by atoms with Crippen LogP contribution in [0.15, 0.2) is 34.3 Å². The number of sulfonamides is 1. The second kappa shape index (κ2) is 6.83. The molecule has 148 valence electrons. The number of nitrogens with zero attached hydrogens (tertiary/aromatic N) is 2. The fourth-order valence-electron chi connectivity index (χ4n) is 4.32. The molecule has 2 aliphatic rings. The molecule has 0 unspecified atom stereocenters. The molecule has 2 aliphatic carbocycles. The molecule has 1 aromatic rings. The number of hydrogen-bond donors (Lipinski definition) is 2. The smallest absolute Gasteiger partial charge is 0.242 e. The lowest BCUT2D eigenvalue weighted by molar-refractivity contribution is 0.193. The zero-order valence-corrected chi connectivity index (χ0v) is 18.2. The minimum absolute atomic E-state index is 0.111. The summed E-state index contributed by atoms with van der Waals surface area (Å²) in [4.78, 5) is 0.217. The highest BCUT2D eigenvalue weighted by Crippen LogP contribution is 2.63. The first-order chi connectivity index (χ1) is 12.5. The highest BCUT2D eigenvalue weighted by Gasteiger charge is 2.59. The summed E-state index contributed by atoms with van der Waals surface area (Å²) >= 11 is 5.35. The highest BCUT2D eigenvalue weighted by molar-refractivity contribution is 7.89. The third kappa shape index (κ3) is 3.39. The highest BCUT2D eigenvalue weighted by atomic mass is 32.2. The Morgan fingerprint density at radius 1 is 1.30 bits per heavy atom. The van der Waals surface area contributed by atoms with Gasteiger partial charge in [0, 0.05) is 30.9 Å². The first-order valence-corrected chi connectivity index (χ1v) is 11.0. The number of rotatable bonds is 4. The summed E-state index contributed by atoms with van der Waals surface area (Å²) in [7, 11) is -0.467. The van der Waals surface area contributed by atoms with Crippen LogP contribution in [0.1, 0.15) is 40.0 Å². The first kappa shape index (κ1) is 20.2. The van der Waals surface area contributed by atoms with Crippen molar-refractivity contribution in [3.63, 3.8) is 0 Å². The molecule has 2 bridgehead atoms. The Hall–Kier alpha value is -1.51. The Morgan fingerprint density at radius 2 is 2.00 bits per heavy atom. The van der Waals surface area contributed by atoms with E-state index in [-0.39, 0.29) is 15.7 Å². The lowest BCUT2D eigenvalue weighted by atomic mass is 9.70. The van der Waals surface area contributed by atoms with Gasteiger partial charge in [0.25, 0.3) is 0 Å². The number of benzene rings is 1. The summed E-state index contributed by atoms with van der Waals surface area (Å²) in [6, 6.07) is 6.60. The number of fused-ring (bicyclic) bond motifs is 2. The molecule has 0 heterocycles. The molecule has 1 aromatic carbocycles. The van der Waals surface area contributed by atoms with E-state index in [0.717, 1.165) is 12.8 Å². The van der Waals surface area contributed by atoms with E-state index in [1.807, 2.05) is 0 Å². The van der Waals surface area contributed by atoms with Gasteiger partial charge in [0.2, 0.25) is 10.0 Å². The second-order valence-electron chi connectivity index (χ2n) is 8.43. The van der Waals surface area contributed by atoms with E-state index in [2.05, 4.69) is 36.6 Å². The summed E-state index contributed by atoms with van der Waals surface area (Å²) < 4.78 is 25.7. The van der Waals surface area contributed by atoms with Crippen LogP contribution >= 0.6 is 12.2 Å². The van der Waals surface area contributed by atoms with Crippen molar-refractivity contribution in [2.24, 2.45) is 21.8 Å².